The fourth-order valence-corrected chi connectivity index (χ4v) is 4.70. The molecule has 0 atom stereocenters. The van der Waals surface area contributed by atoms with Crippen LogP contribution >= 0.6 is 0 Å². The largest absolute Gasteiger partial charge is 0.480 e. The Bertz CT molecular complexity index is 1490. The molecule has 0 radical (unpaired) electrons. The molecule has 3 aromatic heterocycles. The summed E-state index contributed by atoms with van der Waals surface area (Å²) in [5, 5.41) is 6.78. The molecule has 11 heteroatoms. The average molecular weight is 479 g/mol. The molecule has 0 spiro atoms. The minimum Gasteiger partial charge on any atom is -0.480 e. The van der Waals surface area contributed by atoms with E-state index >= 15 is 0 Å². The predicted octanol–water partition coefficient (Wildman–Crippen LogP) is 3.44. The van der Waals surface area contributed by atoms with Crippen LogP contribution in [0.3, 0.4) is 0 Å². The fraction of sp³-hybridized carbons (Fsp3) is 0.217. The quantitative estimate of drug-likeness (QED) is 0.416. The molecule has 1 saturated carbocycles. The molecule has 2 N–H and O–H groups in total. The number of fused-ring (bicyclic) bond motifs is 1. The zero-order chi connectivity index (χ0) is 23.9. The Hall–Kier alpha value is -3.99. The van der Waals surface area contributed by atoms with Crippen molar-refractivity contribution in [1.29, 1.82) is 0 Å². The number of nitrogens with one attached hydrogen (secondary N) is 2. The first-order chi connectivity index (χ1) is 16.3. The lowest BCUT2D eigenvalue weighted by atomic mass is 10.1. The molecule has 4 aromatic rings. The first-order valence-corrected chi connectivity index (χ1v) is 12.1. The molecule has 1 aliphatic carbocycles. The molecule has 0 unspecified atom stereocenters. The molecule has 1 amide bonds. The Morgan fingerprint density at radius 3 is 2.56 bits per heavy atom. The van der Waals surface area contributed by atoms with Crippen LogP contribution in [-0.2, 0) is 14.8 Å². The van der Waals surface area contributed by atoms with E-state index in [2.05, 4.69) is 25.1 Å². The maximum Gasteiger partial charge on any atom is 0.262 e. The van der Waals surface area contributed by atoms with E-state index in [0.29, 0.717) is 17.1 Å². The summed E-state index contributed by atoms with van der Waals surface area (Å²) in [6.07, 6.45) is 5.59. The van der Waals surface area contributed by atoms with Crippen LogP contribution in [0.1, 0.15) is 31.2 Å². The number of hydrogen-bond acceptors (Lipinski definition) is 7. The van der Waals surface area contributed by atoms with Crippen LogP contribution < -0.4 is 14.8 Å². The Morgan fingerprint density at radius 2 is 1.88 bits per heavy atom. The molecule has 1 fully saturated rings. The minimum absolute atomic E-state index is 0.150. The average Bonchev–Trinajstić information content (AvgIpc) is 3.58. The Balaban J connectivity index is 1.45. The molecular formula is C23H22N6O4S. The summed E-state index contributed by atoms with van der Waals surface area (Å²) < 4.78 is 35.5. The van der Waals surface area contributed by atoms with E-state index in [1.807, 2.05) is 12.1 Å². The number of anilines is 2. The van der Waals surface area contributed by atoms with Crippen LogP contribution in [0, 0.1) is 0 Å². The van der Waals surface area contributed by atoms with E-state index in [9.17, 15) is 13.2 Å². The van der Waals surface area contributed by atoms with Gasteiger partial charge < -0.3 is 4.74 Å². The van der Waals surface area contributed by atoms with Crippen molar-refractivity contribution < 1.29 is 17.9 Å². The number of nitrogens with zero attached hydrogens (tertiary/aromatic N) is 4. The molecule has 0 aliphatic heterocycles. The van der Waals surface area contributed by atoms with Gasteiger partial charge in [0.1, 0.15) is 5.69 Å². The highest BCUT2D eigenvalue weighted by Gasteiger charge is 2.24. The first-order valence-electron chi connectivity index (χ1n) is 10.6. The van der Waals surface area contributed by atoms with Gasteiger partial charge in [-0.15, -0.1) is 5.10 Å². The van der Waals surface area contributed by atoms with E-state index in [1.165, 1.54) is 18.5 Å². The van der Waals surface area contributed by atoms with E-state index in [0.717, 1.165) is 24.0 Å². The SMILES string of the molecule is COc1ncc(-c2ccc3nc(NC(C)=O)nn3c2)cc1NS(=O)(=O)c1ccc(C2CC2)cc1. The first kappa shape index (κ1) is 21.8. The third-order valence-corrected chi connectivity index (χ3v) is 6.86. The monoisotopic (exact) mass is 478 g/mol. The lowest BCUT2D eigenvalue weighted by molar-refractivity contribution is -0.114. The number of methoxy groups -OCH3 is 1. The topological polar surface area (TPSA) is 128 Å². The van der Waals surface area contributed by atoms with Gasteiger partial charge in [0.25, 0.3) is 10.0 Å². The summed E-state index contributed by atoms with van der Waals surface area (Å²) in [6, 6.07) is 12.1. The van der Waals surface area contributed by atoms with Crippen LogP contribution in [-0.4, -0.2) is 41.0 Å². The molecule has 1 aromatic carbocycles. The fourth-order valence-electron chi connectivity index (χ4n) is 3.65. The number of amides is 1. The molecule has 0 saturated heterocycles. The van der Waals surface area contributed by atoms with Gasteiger partial charge in [-0.1, -0.05) is 12.1 Å². The second kappa shape index (κ2) is 8.41. The highest BCUT2D eigenvalue weighted by atomic mass is 32.2. The number of carbonyl (C=O) groups is 1. The molecule has 1 aliphatic rings. The van der Waals surface area contributed by atoms with Crippen molar-refractivity contribution in [3.8, 4) is 17.0 Å². The van der Waals surface area contributed by atoms with Crippen molar-refractivity contribution in [3.63, 3.8) is 0 Å². The maximum absolute atomic E-state index is 13.0. The lowest BCUT2D eigenvalue weighted by Gasteiger charge is -2.13. The smallest absolute Gasteiger partial charge is 0.262 e. The number of carbonyl (C=O) groups excluding carboxylic acids is 1. The summed E-state index contributed by atoms with van der Waals surface area (Å²) >= 11 is 0. The minimum atomic E-state index is -3.85. The van der Waals surface area contributed by atoms with Crippen molar-refractivity contribution in [2.45, 2.75) is 30.6 Å². The van der Waals surface area contributed by atoms with Gasteiger partial charge in [0.2, 0.25) is 17.7 Å². The Labute approximate surface area is 196 Å². The van der Waals surface area contributed by atoms with Gasteiger partial charge in [-0.3, -0.25) is 14.8 Å². The van der Waals surface area contributed by atoms with Crippen LogP contribution in [0.15, 0.2) is 59.8 Å². The van der Waals surface area contributed by atoms with Crippen LogP contribution in [0.5, 0.6) is 5.88 Å². The number of pyridine rings is 2. The molecule has 0 bridgehead atoms. The Kier molecular flexibility index (Phi) is 5.40. The summed E-state index contributed by atoms with van der Waals surface area (Å²) in [6.45, 7) is 1.38. The third kappa shape index (κ3) is 4.42. The highest BCUT2D eigenvalue weighted by molar-refractivity contribution is 7.92. The van der Waals surface area contributed by atoms with Gasteiger partial charge in [-0.2, -0.15) is 4.98 Å². The summed E-state index contributed by atoms with van der Waals surface area (Å²) in [7, 11) is -2.42. The van der Waals surface area contributed by atoms with Gasteiger partial charge in [-0.05, 0) is 54.7 Å². The van der Waals surface area contributed by atoms with Crippen molar-refractivity contribution in [3.05, 3.63) is 60.4 Å². The maximum atomic E-state index is 13.0. The number of aromatic nitrogens is 4. The zero-order valence-corrected chi connectivity index (χ0v) is 19.3. The molecule has 3 heterocycles. The number of rotatable bonds is 7. The third-order valence-electron chi connectivity index (χ3n) is 5.48. The standard InChI is InChI=1S/C23H22N6O4S/c1-14(30)25-23-26-21-10-7-17(13-29(21)27-23)18-11-20(22(33-2)24-12-18)28-34(31,32)19-8-5-16(6-9-19)15-3-4-15/h5-13,15,28H,3-4H2,1-2H3,(H,25,27,30). The number of benzene rings is 1. The normalized spacial score (nSPS) is 13.6. The van der Waals surface area contributed by atoms with Crippen molar-refractivity contribution in [1.82, 2.24) is 19.6 Å². The molecular weight excluding hydrogens is 456 g/mol. The second-order valence-corrected chi connectivity index (χ2v) is 9.75. The lowest BCUT2D eigenvalue weighted by Crippen LogP contribution is -2.14. The summed E-state index contributed by atoms with van der Waals surface area (Å²) in [5.74, 6) is 0.618. The second-order valence-electron chi connectivity index (χ2n) is 8.07. The summed E-state index contributed by atoms with van der Waals surface area (Å²) in [5.41, 5.74) is 3.27. The Morgan fingerprint density at radius 1 is 1.12 bits per heavy atom. The van der Waals surface area contributed by atoms with Crippen molar-refractivity contribution in [2.75, 3.05) is 17.1 Å². The van der Waals surface area contributed by atoms with Crippen molar-refractivity contribution in [2.24, 2.45) is 0 Å². The summed E-state index contributed by atoms with van der Waals surface area (Å²) in [4.78, 5) is 19.9. The van der Waals surface area contributed by atoms with E-state index in [4.69, 9.17) is 4.74 Å². The van der Waals surface area contributed by atoms with Gasteiger partial charge in [0, 0.05) is 30.4 Å². The van der Waals surface area contributed by atoms with E-state index in [-0.39, 0.29) is 28.3 Å². The van der Waals surface area contributed by atoms with Gasteiger partial charge >= 0.3 is 0 Å². The van der Waals surface area contributed by atoms with Gasteiger partial charge in [0.05, 0.1) is 12.0 Å². The van der Waals surface area contributed by atoms with Crippen molar-refractivity contribution >= 4 is 33.2 Å². The van der Waals surface area contributed by atoms with Crippen LogP contribution in [0.2, 0.25) is 0 Å². The number of hydrogen-bond donors (Lipinski definition) is 2. The molecule has 34 heavy (non-hydrogen) atoms. The molecule has 5 rings (SSSR count). The number of sulfonamides is 1. The van der Waals surface area contributed by atoms with E-state index < -0.39 is 10.0 Å². The highest BCUT2D eigenvalue weighted by Crippen LogP contribution is 2.40. The van der Waals surface area contributed by atoms with Gasteiger partial charge in [0.15, 0.2) is 5.65 Å². The van der Waals surface area contributed by atoms with Crippen LogP contribution in [0.25, 0.3) is 16.8 Å². The number of ether oxygens (including phenoxy) is 1. The predicted molar refractivity (Wildman–Crippen MR) is 126 cm³/mol. The zero-order valence-electron chi connectivity index (χ0n) is 18.5. The molecule has 174 valence electrons. The van der Waals surface area contributed by atoms with E-state index in [1.54, 1.807) is 42.7 Å². The molecule has 10 nitrogen and oxygen atoms in total. The van der Waals surface area contributed by atoms with Crippen LogP contribution in [0.4, 0.5) is 11.6 Å². The van der Waals surface area contributed by atoms with Gasteiger partial charge in [-0.25, -0.2) is 17.9 Å².